The smallest absolute Gasteiger partial charge is 0.330 e. The number of hydrogen-bond donors (Lipinski definition) is 2. The highest BCUT2D eigenvalue weighted by Crippen LogP contribution is 2.08. The molecule has 0 heterocycles. The fourth-order valence-electron chi connectivity index (χ4n) is 1.95. The molecule has 0 saturated carbocycles. The van der Waals surface area contributed by atoms with Gasteiger partial charge in [-0.1, -0.05) is 36.4 Å². The van der Waals surface area contributed by atoms with Crippen LogP contribution >= 0.6 is 0 Å². The summed E-state index contributed by atoms with van der Waals surface area (Å²) >= 11 is 0. The van der Waals surface area contributed by atoms with Crippen LogP contribution in [0, 0.1) is 5.92 Å². The van der Waals surface area contributed by atoms with Gasteiger partial charge < -0.3 is 15.4 Å². The van der Waals surface area contributed by atoms with E-state index in [0.29, 0.717) is 6.42 Å². The Kier molecular flexibility index (Phi) is 8.13. The summed E-state index contributed by atoms with van der Waals surface area (Å²) in [6, 6.07) is 9.59. The van der Waals surface area contributed by atoms with Gasteiger partial charge in [-0.25, -0.2) is 4.79 Å². The van der Waals surface area contributed by atoms with Crippen molar-refractivity contribution >= 4 is 17.8 Å². The molecule has 0 unspecified atom stereocenters. The Bertz CT molecular complexity index is 555. The van der Waals surface area contributed by atoms with E-state index in [0.717, 1.165) is 5.56 Å². The molecule has 2 amide bonds. The second-order valence-corrected chi connectivity index (χ2v) is 4.99. The van der Waals surface area contributed by atoms with Gasteiger partial charge in [-0.3, -0.25) is 9.59 Å². The first-order valence-corrected chi connectivity index (χ1v) is 7.33. The third kappa shape index (κ3) is 7.80. The number of amides is 2. The highest BCUT2D eigenvalue weighted by Gasteiger charge is 2.18. The zero-order chi connectivity index (χ0) is 17.1. The van der Waals surface area contributed by atoms with Crippen molar-refractivity contribution in [3.05, 3.63) is 48.0 Å². The molecule has 23 heavy (non-hydrogen) atoms. The summed E-state index contributed by atoms with van der Waals surface area (Å²) in [5.41, 5.74) is 1.02. The Morgan fingerprint density at radius 3 is 2.48 bits per heavy atom. The second-order valence-electron chi connectivity index (χ2n) is 4.99. The Labute approximate surface area is 135 Å². The fraction of sp³-hybridized carbons (Fsp3) is 0.353. The van der Waals surface area contributed by atoms with Crippen LogP contribution in [0.4, 0.5) is 0 Å². The molecular formula is C17H22N2O4. The van der Waals surface area contributed by atoms with Gasteiger partial charge in [0.2, 0.25) is 11.8 Å². The van der Waals surface area contributed by atoms with Gasteiger partial charge >= 0.3 is 5.97 Å². The maximum Gasteiger partial charge on any atom is 0.330 e. The minimum Gasteiger partial charge on any atom is -0.466 e. The van der Waals surface area contributed by atoms with Crippen molar-refractivity contribution < 1.29 is 19.1 Å². The largest absolute Gasteiger partial charge is 0.466 e. The lowest BCUT2D eigenvalue weighted by atomic mass is 9.98. The van der Waals surface area contributed by atoms with Crippen LogP contribution in [0.15, 0.2) is 42.5 Å². The summed E-state index contributed by atoms with van der Waals surface area (Å²) in [6.45, 7) is 1.90. The van der Waals surface area contributed by atoms with Gasteiger partial charge in [0.25, 0.3) is 0 Å². The number of rotatable bonds is 8. The molecule has 1 aromatic carbocycles. The van der Waals surface area contributed by atoms with Crippen LogP contribution in [0.2, 0.25) is 0 Å². The number of benzene rings is 1. The van der Waals surface area contributed by atoms with Gasteiger partial charge in [-0.15, -0.1) is 0 Å². The normalized spacial score (nSPS) is 11.7. The topological polar surface area (TPSA) is 84.5 Å². The monoisotopic (exact) mass is 318 g/mol. The van der Waals surface area contributed by atoms with Crippen LogP contribution in [-0.4, -0.2) is 38.0 Å². The van der Waals surface area contributed by atoms with Crippen molar-refractivity contribution in [1.82, 2.24) is 10.6 Å². The number of esters is 1. The number of ether oxygens (including phenoxy) is 1. The molecule has 0 aromatic heterocycles. The number of nitrogens with one attached hydrogen (secondary N) is 2. The molecule has 0 spiro atoms. The molecule has 0 aliphatic rings. The van der Waals surface area contributed by atoms with Crippen LogP contribution in [0.1, 0.15) is 12.5 Å². The van der Waals surface area contributed by atoms with Gasteiger partial charge in [-0.05, 0) is 12.0 Å². The molecule has 6 heteroatoms. The molecule has 2 N–H and O–H groups in total. The molecular weight excluding hydrogens is 296 g/mol. The number of carbonyl (C=O) groups excluding carboxylic acids is 3. The lowest BCUT2D eigenvalue weighted by Gasteiger charge is -2.16. The van der Waals surface area contributed by atoms with Crippen molar-refractivity contribution in [2.75, 3.05) is 20.2 Å². The van der Waals surface area contributed by atoms with Crippen LogP contribution in [0.3, 0.4) is 0 Å². The van der Waals surface area contributed by atoms with Gasteiger partial charge in [0.05, 0.1) is 13.0 Å². The van der Waals surface area contributed by atoms with E-state index in [-0.39, 0.29) is 30.8 Å². The van der Waals surface area contributed by atoms with Crippen LogP contribution in [0.25, 0.3) is 0 Å². The third-order valence-corrected chi connectivity index (χ3v) is 3.14. The van der Waals surface area contributed by atoms with Crippen molar-refractivity contribution in [3.8, 4) is 0 Å². The number of carbonyl (C=O) groups is 3. The van der Waals surface area contributed by atoms with Gasteiger partial charge in [-0.2, -0.15) is 0 Å². The zero-order valence-corrected chi connectivity index (χ0v) is 13.4. The highest BCUT2D eigenvalue weighted by atomic mass is 16.5. The third-order valence-electron chi connectivity index (χ3n) is 3.14. The van der Waals surface area contributed by atoms with E-state index in [2.05, 4.69) is 15.4 Å². The molecule has 124 valence electrons. The predicted octanol–water partition coefficient (Wildman–Crippen LogP) is 0.827. The summed E-state index contributed by atoms with van der Waals surface area (Å²) in [5.74, 6) is -1.22. The Hall–Kier alpha value is -2.63. The van der Waals surface area contributed by atoms with E-state index < -0.39 is 5.97 Å². The standard InChI is InChI=1S/C17H22N2O4/c1-13(20)19-12-15(11-14-7-4-3-5-8-14)17(22)18-10-6-9-16(21)23-2/h3-9,15H,10-12H2,1-2H3,(H,18,22)(H,19,20)/b9-6+/t15-/m1/s1. The first kappa shape index (κ1) is 18.4. The van der Waals surface area contributed by atoms with Gasteiger partial charge in [0.1, 0.15) is 0 Å². The molecule has 0 bridgehead atoms. The number of hydrogen-bond acceptors (Lipinski definition) is 4. The minimum absolute atomic E-state index is 0.179. The molecule has 6 nitrogen and oxygen atoms in total. The fourth-order valence-corrected chi connectivity index (χ4v) is 1.95. The van der Waals surface area contributed by atoms with E-state index in [1.54, 1.807) is 0 Å². The quantitative estimate of drug-likeness (QED) is 0.549. The highest BCUT2D eigenvalue weighted by molar-refractivity contribution is 5.82. The first-order chi connectivity index (χ1) is 11.0. The van der Waals surface area contributed by atoms with Crippen molar-refractivity contribution in [3.63, 3.8) is 0 Å². The molecule has 0 fully saturated rings. The SMILES string of the molecule is COC(=O)/C=C/CNC(=O)[C@@H](CNC(C)=O)Cc1ccccc1. The summed E-state index contributed by atoms with van der Waals surface area (Å²) in [4.78, 5) is 34.3. The molecule has 0 aliphatic heterocycles. The lowest BCUT2D eigenvalue weighted by Crippen LogP contribution is -2.39. The molecule has 1 rings (SSSR count). The molecule has 0 aliphatic carbocycles. The van der Waals surface area contributed by atoms with Crippen LogP contribution in [-0.2, 0) is 25.5 Å². The number of methoxy groups -OCH3 is 1. The van der Waals surface area contributed by atoms with Crippen LogP contribution < -0.4 is 10.6 Å². The second kappa shape index (κ2) is 10.2. The summed E-state index contributed by atoms with van der Waals surface area (Å²) in [5, 5.41) is 5.39. The minimum atomic E-state index is -0.474. The van der Waals surface area contributed by atoms with Crippen molar-refractivity contribution in [2.45, 2.75) is 13.3 Å². The summed E-state index contributed by atoms with van der Waals surface area (Å²) in [6.07, 6.45) is 3.29. The van der Waals surface area contributed by atoms with E-state index in [1.807, 2.05) is 30.3 Å². The molecule has 1 atom stereocenters. The maximum absolute atomic E-state index is 12.3. The molecule has 0 saturated heterocycles. The van der Waals surface area contributed by atoms with E-state index in [1.165, 1.54) is 26.2 Å². The first-order valence-electron chi connectivity index (χ1n) is 7.33. The summed E-state index contributed by atoms with van der Waals surface area (Å²) < 4.78 is 4.46. The predicted molar refractivity (Wildman–Crippen MR) is 86.5 cm³/mol. The van der Waals surface area contributed by atoms with Gasteiger partial charge in [0, 0.05) is 26.1 Å². The Morgan fingerprint density at radius 2 is 1.87 bits per heavy atom. The average molecular weight is 318 g/mol. The Morgan fingerprint density at radius 1 is 1.17 bits per heavy atom. The average Bonchev–Trinajstić information content (AvgIpc) is 2.55. The van der Waals surface area contributed by atoms with E-state index >= 15 is 0 Å². The van der Waals surface area contributed by atoms with E-state index in [4.69, 9.17) is 0 Å². The lowest BCUT2D eigenvalue weighted by molar-refractivity contribution is -0.135. The molecule has 1 aromatic rings. The molecule has 0 radical (unpaired) electrons. The van der Waals surface area contributed by atoms with Crippen LogP contribution in [0.5, 0.6) is 0 Å². The zero-order valence-electron chi connectivity index (χ0n) is 13.4. The Balaban J connectivity index is 2.59. The van der Waals surface area contributed by atoms with Gasteiger partial charge in [0.15, 0.2) is 0 Å². The van der Waals surface area contributed by atoms with Crippen molar-refractivity contribution in [1.29, 1.82) is 0 Å². The summed E-state index contributed by atoms with van der Waals surface area (Å²) in [7, 11) is 1.29. The van der Waals surface area contributed by atoms with Crippen molar-refractivity contribution in [2.24, 2.45) is 5.92 Å². The maximum atomic E-state index is 12.3. The van der Waals surface area contributed by atoms with E-state index in [9.17, 15) is 14.4 Å².